The minimum absolute atomic E-state index is 0.0103. The van der Waals surface area contributed by atoms with Crippen LogP contribution in [0.25, 0.3) is 0 Å². The van der Waals surface area contributed by atoms with E-state index >= 15 is 0 Å². The van der Waals surface area contributed by atoms with E-state index in [1.54, 1.807) is 11.3 Å². The predicted molar refractivity (Wildman–Crippen MR) is 61.0 cm³/mol. The summed E-state index contributed by atoms with van der Waals surface area (Å²) in [6.07, 6.45) is 0.0103. The Bertz CT molecular complexity index is 325. The van der Waals surface area contributed by atoms with E-state index in [9.17, 15) is 4.79 Å². The second-order valence-corrected chi connectivity index (χ2v) is 4.52. The van der Waals surface area contributed by atoms with Crippen LogP contribution < -0.4 is 11.1 Å². The summed E-state index contributed by atoms with van der Waals surface area (Å²) < 4.78 is 0. The zero-order valence-electron chi connectivity index (χ0n) is 8.69. The lowest BCUT2D eigenvalue weighted by atomic mass is 10.2. The van der Waals surface area contributed by atoms with Gasteiger partial charge in [-0.25, -0.2) is 0 Å². The van der Waals surface area contributed by atoms with E-state index in [-0.39, 0.29) is 12.5 Å². The molecule has 4 nitrogen and oxygen atoms in total. The Hall–Kier alpha value is -0.910. The highest BCUT2D eigenvalue weighted by atomic mass is 32.1. The fourth-order valence-corrected chi connectivity index (χ4v) is 2.13. The molecular weight excluding hydrogens is 212 g/mol. The zero-order valence-corrected chi connectivity index (χ0v) is 9.51. The van der Waals surface area contributed by atoms with Crippen molar-refractivity contribution >= 4 is 17.3 Å². The van der Waals surface area contributed by atoms with E-state index in [2.05, 4.69) is 18.3 Å². The van der Waals surface area contributed by atoms with Crippen molar-refractivity contribution in [1.82, 2.24) is 5.32 Å². The Labute approximate surface area is 93.1 Å². The van der Waals surface area contributed by atoms with Crippen molar-refractivity contribution in [2.45, 2.75) is 25.9 Å². The first-order valence-corrected chi connectivity index (χ1v) is 5.68. The molecule has 15 heavy (non-hydrogen) atoms. The van der Waals surface area contributed by atoms with Crippen LogP contribution in [0.5, 0.6) is 0 Å². The number of aryl methyl sites for hydroxylation is 1. The van der Waals surface area contributed by atoms with Gasteiger partial charge in [-0.05, 0) is 23.9 Å². The molecule has 0 aliphatic heterocycles. The molecule has 0 fully saturated rings. The number of thiophene rings is 1. The molecule has 84 valence electrons. The molecule has 0 aromatic carbocycles. The zero-order chi connectivity index (χ0) is 11.3. The van der Waals surface area contributed by atoms with Crippen LogP contribution in [0.4, 0.5) is 0 Å². The Morgan fingerprint density at radius 2 is 2.47 bits per heavy atom. The second-order valence-electron chi connectivity index (χ2n) is 3.52. The lowest BCUT2D eigenvalue weighted by Crippen LogP contribution is -2.35. The smallest absolute Gasteiger partial charge is 0.304 e. The first-order valence-electron chi connectivity index (χ1n) is 4.80. The van der Waals surface area contributed by atoms with Crippen LogP contribution in [0.3, 0.4) is 0 Å². The monoisotopic (exact) mass is 228 g/mol. The molecule has 1 atom stereocenters. The summed E-state index contributed by atoms with van der Waals surface area (Å²) in [6.45, 7) is 3.35. The first-order chi connectivity index (χ1) is 7.09. The molecule has 1 unspecified atom stereocenters. The molecule has 0 saturated carbocycles. The van der Waals surface area contributed by atoms with Crippen LogP contribution in [0, 0.1) is 6.92 Å². The molecule has 0 bridgehead atoms. The van der Waals surface area contributed by atoms with Crippen LogP contribution in [0.1, 0.15) is 16.9 Å². The number of carbonyl (C=O) groups is 1. The molecule has 1 heterocycles. The summed E-state index contributed by atoms with van der Waals surface area (Å²) in [7, 11) is 0. The van der Waals surface area contributed by atoms with Crippen molar-refractivity contribution in [2.75, 3.05) is 6.54 Å². The van der Waals surface area contributed by atoms with E-state index in [0.29, 0.717) is 6.54 Å². The van der Waals surface area contributed by atoms with Crippen molar-refractivity contribution in [3.05, 3.63) is 21.9 Å². The van der Waals surface area contributed by atoms with Gasteiger partial charge in [0.2, 0.25) is 0 Å². The highest BCUT2D eigenvalue weighted by Crippen LogP contribution is 2.14. The molecule has 4 N–H and O–H groups in total. The van der Waals surface area contributed by atoms with Gasteiger partial charge in [-0.3, -0.25) is 4.79 Å². The summed E-state index contributed by atoms with van der Waals surface area (Å²) in [5.41, 5.74) is 6.88. The third-order valence-corrected chi connectivity index (χ3v) is 3.12. The van der Waals surface area contributed by atoms with Crippen LogP contribution >= 0.6 is 11.3 Å². The fraction of sp³-hybridized carbons (Fsp3) is 0.500. The van der Waals surface area contributed by atoms with Gasteiger partial charge in [0, 0.05) is 24.0 Å². The van der Waals surface area contributed by atoms with Crippen molar-refractivity contribution in [3.63, 3.8) is 0 Å². The summed E-state index contributed by atoms with van der Waals surface area (Å²) in [6, 6.07) is 1.75. The number of nitrogens with two attached hydrogens (primary N) is 1. The number of carboxylic acids is 1. The Kier molecular flexibility index (Phi) is 4.74. The lowest BCUT2D eigenvalue weighted by Gasteiger charge is -2.09. The minimum atomic E-state index is -0.850. The molecule has 0 aliphatic rings. The van der Waals surface area contributed by atoms with Crippen molar-refractivity contribution in [3.8, 4) is 0 Å². The number of hydrogen-bond donors (Lipinski definition) is 3. The molecular formula is C10H16N2O2S. The van der Waals surface area contributed by atoms with Crippen LogP contribution in [0.15, 0.2) is 11.4 Å². The van der Waals surface area contributed by atoms with E-state index < -0.39 is 5.97 Å². The minimum Gasteiger partial charge on any atom is -0.481 e. The average Bonchev–Trinajstić information content (AvgIpc) is 2.50. The summed E-state index contributed by atoms with van der Waals surface area (Å²) in [5.74, 6) is -0.850. The van der Waals surface area contributed by atoms with E-state index in [1.165, 1.54) is 10.4 Å². The predicted octanol–water partition coefficient (Wildman–Crippen LogP) is 0.948. The number of carboxylic acid groups (broad SMARTS) is 1. The van der Waals surface area contributed by atoms with E-state index in [1.807, 2.05) is 5.38 Å². The van der Waals surface area contributed by atoms with Crippen molar-refractivity contribution in [2.24, 2.45) is 5.73 Å². The maximum absolute atomic E-state index is 10.3. The molecule has 0 radical (unpaired) electrons. The third kappa shape index (κ3) is 4.42. The maximum atomic E-state index is 10.3. The number of hydrogen-bond acceptors (Lipinski definition) is 4. The van der Waals surface area contributed by atoms with Crippen LogP contribution in [-0.4, -0.2) is 23.7 Å². The Morgan fingerprint density at radius 3 is 3.00 bits per heavy atom. The van der Waals surface area contributed by atoms with Gasteiger partial charge in [0.15, 0.2) is 0 Å². The van der Waals surface area contributed by atoms with Crippen LogP contribution in [0.2, 0.25) is 0 Å². The first kappa shape index (κ1) is 12.2. The molecule has 5 heteroatoms. The van der Waals surface area contributed by atoms with Crippen LogP contribution in [-0.2, 0) is 11.3 Å². The lowest BCUT2D eigenvalue weighted by molar-refractivity contribution is -0.137. The Balaban J connectivity index is 2.22. The average molecular weight is 228 g/mol. The Morgan fingerprint density at radius 1 is 1.73 bits per heavy atom. The highest BCUT2D eigenvalue weighted by molar-refractivity contribution is 7.10. The number of nitrogens with one attached hydrogen (secondary N) is 1. The third-order valence-electron chi connectivity index (χ3n) is 2.10. The SMILES string of the molecule is Cc1ccsc1CNCC(N)CC(=O)O. The van der Waals surface area contributed by atoms with Crippen molar-refractivity contribution < 1.29 is 9.90 Å². The van der Waals surface area contributed by atoms with Gasteiger partial charge in [-0.1, -0.05) is 0 Å². The van der Waals surface area contributed by atoms with Gasteiger partial charge < -0.3 is 16.2 Å². The summed E-state index contributed by atoms with van der Waals surface area (Å²) in [4.78, 5) is 11.6. The molecule has 0 amide bonds. The number of aliphatic carboxylic acids is 1. The maximum Gasteiger partial charge on any atom is 0.304 e. The normalized spacial score (nSPS) is 12.7. The molecule has 1 rings (SSSR count). The van der Waals surface area contributed by atoms with E-state index in [4.69, 9.17) is 10.8 Å². The molecule has 0 spiro atoms. The van der Waals surface area contributed by atoms with E-state index in [0.717, 1.165) is 6.54 Å². The van der Waals surface area contributed by atoms with Gasteiger partial charge in [0.25, 0.3) is 0 Å². The van der Waals surface area contributed by atoms with Gasteiger partial charge >= 0.3 is 5.97 Å². The molecule has 0 saturated heterocycles. The van der Waals surface area contributed by atoms with Gasteiger partial charge in [-0.15, -0.1) is 11.3 Å². The summed E-state index contributed by atoms with van der Waals surface area (Å²) in [5, 5.41) is 13.7. The molecule has 0 aliphatic carbocycles. The second kappa shape index (κ2) is 5.85. The van der Waals surface area contributed by atoms with Gasteiger partial charge in [0.1, 0.15) is 0 Å². The van der Waals surface area contributed by atoms with Crippen molar-refractivity contribution in [1.29, 1.82) is 0 Å². The largest absolute Gasteiger partial charge is 0.481 e. The topological polar surface area (TPSA) is 75.3 Å². The van der Waals surface area contributed by atoms with Gasteiger partial charge in [0.05, 0.1) is 6.42 Å². The summed E-state index contributed by atoms with van der Waals surface area (Å²) >= 11 is 1.70. The molecule has 1 aromatic heterocycles. The molecule has 1 aromatic rings. The highest BCUT2D eigenvalue weighted by Gasteiger charge is 2.07. The number of rotatable bonds is 6. The quantitative estimate of drug-likeness (QED) is 0.677. The standard InChI is InChI=1S/C10H16N2O2S/c1-7-2-3-15-9(7)6-12-5-8(11)4-10(13)14/h2-3,8,12H,4-6,11H2,1H3,(H,13,14). The fourth-order valence-electron chi connectivity index (χ4n) is 1.25. The van der Waals surface area contributed by atoms with Gasteiger partial charge in [-0.2, -0.15) is 0 Å².